The molecule has 0 aliphatic heterocycles. The van der Waals surface area contributed by atoms with Gasteiger partial charge in [-0.05, 0) is 86.9 Å². The maximum atomic E-state index is 12.5. The summed E-state index contributed by atoms with van der Waals surface area (Å²) in [6.45, 7) is 4.25. The molecule has 3 fully saturated rings. The SMILES string of the molecule is C[C@@]1(O)CC[C@@]2(C[O-])C(=CC[C@@H]3[C@@H]2CC[C@]2(C)/C(=C\C#N)CC[C@@H]32)C1.[Rb+]. The minimum Gasteiger partial charge on any atom is -0.854 e. The van der Waals surface area contributed by atoms with Crippen LogP contribution in [-0.4, -0.2) is 17.3 Å². The molecule has 0 radical (unpaired) electrons. The van der Waals surface area contributed by atoms with Crippen molar-refractivity contribution < 1.29 is 68.4 Å². The summed E-state index contributed by atoms with van der Waals surface area (Å²) in [5.74, 6) is 1.65. The van der Waals surface area contributed by atoms with Crippen molar-refractivity contribution in [2.24, 2.45) is 28.6 Å². The van der Waals surface area contributed by atoms with Gasteiger partial charge < -0.3 is 10.2 Å². The average molecular weight is 426 g/mol. The molecule has 4 rings (SSSR count). The van der Waals surface area contributed by atoms with Crippen molar-refractivity contribution in [1.29, 1.82) is 5.26 Å². The summed E-state index contributed by atoms with van der Waals surface area (Å²) in [6, 6.07) is 2.26. The van der Waals surface area contributed by atoms with Crippen LogP contribution in [0.4, 0.5) is 0 Å². The third-order valence-electron chi connectivity index (χ3n) is 8.45. The van der Waals surface area contributed by atoms with Gasteiger partial charge in [-0.15, -0.1) is 6.61 Å². The molecule has 1 N–H and O–H groups in total. The molecule has 0 amide bonds. The Hall–Kier alpha value is 0.695. The molecule has 0 bridgehead atoms. The smallest absolute Gasteiger partial charge is 0.854 e. The third-order valence-corrected chi connectivity index (χ3v) is 8.45. The minimum absolute atomic E-state index is 0. The molecule has 6 atom stereocenters. The molecule has 4 aliphatic carbocycles. The minimum atomic E-state index is -0.642. The van der Waals surface area contributed by atoms with Gasteiger partial charge in [0.25, 0.3) is 0 Å². The molecule has 136 valence electrons. The fourth-order valence-corrected chi connectivity index (χ4v) is 7.04. The molecule has 26 heavy (non-hydrogen) atoms. The molecule has 3 nitrogen and oxygen atoms in total. The Labute approximate surface area is 206 Å². The quantitative estimate of drug-likeness (QED) is 0.491. The number of aliphatic hydroxyl groups is 1. The van der Waals surface area contributed by atoms with Gasteiger partial charge in [-0.2, -0.15) is 5.26 Å². The van der Waals surface area contributed by atoms with Crippen LogP contribution in [0.25, 0.3) is 0 Å². The second kappa shape index (κ2) is 7.50. The van der Waals surface area contributed by atoms with Crippen LogP contribution in [0, 0.1) is 39.9 Å². The van der Waals surface area contributed by atoms with Crippen LogP contribution >= 0.6 is 0 Å². The number of nitriles is 1. The van der Waals surface area contributed by atoms with Crippen molar-refractivity contribution in [1.82, 2.24) is 0 Å². The van der Waals surface area contributed by atoms with Crippen molar-refractivity contribution in [3.8, 4) is 6.07 Å². The van der Waals surface area contributed by atoms with E-state index in [0.717, 1.165) is 38.5 Å². The van der Waals surface area contributed by atoms with Crippen LogP contribution in [0.1, 0.15) is 65.2 Å². The normalized spacial score (nSPS) is 48.5. The molecule has 0 spiro atoms. The first kappa shape index (κ1) is 21.4. The topological polar surface area (TPSA) is 67.1 Å². The zero-order chi connectivity index (χ0) is 17.9. The number of nitrogens with zero attached hydrogens (tertiary/aromatic N) is 1. The number of fused-ring (bicyclic) bond motifs is 5. The van der Waals surface area contributed by atoms with Crippen LogP contribution in [0.15, 0.2) is 23.3 Å². The molecule has 0 saturated heterocycles. The van der Waals surface area contributed by atoms with Gasteiger partial charge in [-0.25, -0.2) is 0 Å². The van der Waals surface area contributed by atoms with Crippen LogP contribution < -0.4 is 63.3 Å². The maximum absolute atomic E-state index is 12.5. The first-order valence-electron chi connectivity index (χ1n) is 9.95. The Morgan fingerprint density at radius 3 is 2.73 bits per heavy atom. The van der Waals surface area contributed by atoms with E-state index in [-0.39, 0.29) is 75.6 Å². The van der Waals surface area contributed by atoms with E-state index >= 15 is 0 Å². The maximum Gasteiger partial charge on any atom is 1.00 e. The molecule has 4 heteroatoms. The zero-order valence-electron chi connectivity index (χ0n) is 16.6. The Balaban J connectivity index is 0.00000196. The predicted octanol–water partition coefficient (Wildman–Crippen LogP) is 0.495. The van der Waals surface area contributed by atoms with E-state index in [1.165, 1.54) is 17.6 Å². The van der Waals surface area contributed by atoms with Gasteiger partial charge in [0.1, 0.15) is 0 Å². The molecule has 0 aromatic carbocycles. The number of rotatable bonds is 1. The standard InChI is InChI=1S/C22H30NO2.Rb/c1-20(25)10-11-22(14-24)16(13-20)3-5-17-18-6-4-15(8-12-23)21(18,2)9-7-19(17)22;/h3,8,17-19,25H,4-7,9-11,13-14H2,1-2H3;/q-1;+1/b15-8-;/t17-,18-,19-,20+,21+,22+;/m0./s1. The molecular weight excluding hydrogens is 396 g/mol. The number of allylic oxidation sites excluding steroid dienone is 3. The zero-order valence-corrected chi connectivity index (χ0v) is 21.5. The van der Waals surface area contributed by atoms with Crippen LogP contribution in [0.2, 0.25) is 0 Å². The second-order valence-electron chi connectivity index (χ2n) is 9.61. The summed E-state index contributed by atoms with van der Waals surface area (Å²) in [5, 5.41) is 32.1. The van der Waals surface area contributed by atoms with Crippen molar-refractivity contribution in [2.75, 3.05) is 6.61 Å². The summed E-state index contributed by atoms with van der Waals surface area (Å²) in [4.78, 5) is 0. The average Bonchev–Trinajstić information content (AvgIpc) is 2.91. The molecule has 0 unspecified atom stereocenters. The van der Waals surface area contributed by atoms with Gasteiger partial charge in [-0.3, -0.25) is 0 Å². The van der Waals surface area contributed by atoms with Gasteiger partial charge in [-0.1, -0.05) is 24.1 Å². The first-order valence-corrected chi connectivity index (χ1v) is 9.95. The van der Waals surface area contributed by atoms with Gasteiger partial charge >= 0.3 is 58.2 Å². The molecule has 0 aromatic rings. The molecular formula is C22H30NO2Rb. The van der Waals surface area contributed by atoms with Gasteiger partial charge in [0.15, 0.2) is 0 Å². The van der Waals surface area contributed by atoms with Crippen molar-refractivity contribution in [3.63, 3.8) is 0 Å². The summed E-state index contributed by atoms with van der Waals surface area (Å²) < 4.78 is 0. The van der Waals surface area contributed by atoms with E-state index < -0.39 is 5.60 Å². The van der Waals surface area contributed by atoms with E-state index in [9.17, 15) is 10.2 Å². The predicted molar refractivity (Wildman–Crippen MR) is 95.2 cm³/mol. The monoisotopic (exact) mass is 425 g/mol. The van der Waals surface area contributed by atoms with E-state index in [1.54, 1.807) is 6.08 Å². The van der Waals surface area contributed by atoms with Crippen LogP contribution in [0.5, 0.6) is 0 Å². The summed E-state index contributed by atoms with van der Waals surface area (Å²) in [7, 11) is 0. The van der Waals surface area contributed by atoms with Gasteiger partial charge in [0, 0.05) is 6.08 Å². The molecule has 4 aliphatic rings. The van der Waals surface area contributed by atoms with Crippen molar-refractivity contribution in [3.05, 3.63) is 23.3 Å². The van der Waals surface area contributed by atoms with E-state index in [4.69, 9.17) is 5.26 Å². The fourth-order valence-electron chi connectivity index (χ4n) is 7.04. The number of hydrogen-bond donors (Lipinski definition) is 1. The molecule has 3 saturated carbocycles. The van der Waals surface area contributed by atoms with Crippen molar-refractivity contribution in [2.45, 2.75) is 70.8 Å². The Morgan fingerprint density at radius 2 is 2.04 bits per heavy atom. The van der Waals surface area contributed by atoms with Crippen molar-refractivity contribution >= 4 is 0 Å². The Morgan fingerprint density at radius 1 is 1.27 bits per heavy atom. The summed E-state index contributed by atoms with van der Waals surface area (Å²) >= 11 is 0. The van der Waals surface area contributed by atoms with Gasteiger partial charge in [0.05, 0.1) is 11.7 Å². The molecule has 0 heterocycles. The Bertz CT molecular complexity index is 676. The van der Waals surface area contributed by atoms with E-state index in [0.29, 0.717) is 24.2 Å². The second-order valence-corrected chi connectivity index (χ2v) is 9.61. The first-order chi connectivity index (χ1) is 11.9. The van der Waals surface area contributed by atoms with E-state index in [1.807, 2.05) is 6.92 Å². The summed E-state index contributed by atoms with van der Waals surface area (Å²) in [6.07, 6.45) is 11.9. The van der Waals surface area contributed by atoms with Gasteiger partial charge in [0.2, 0.25) is 0 Å². The Kier molecular flexibility index (Phi) is 6.18. The van der Waals surface area contributed by atoms with E-state index in [2.05, 4.69) is 19.1 Å². The van der Waals surface area contributed by atoms with Crippen LogP contribution in [-0.2, 0) is 0 Å². The largest absolute Gasteiger partial charge is 1.00 e. The number of hydrogen-bond acceptors (Lipinski definition) is 3. The third kappa shape index (κ3) is 3.12. The summed E-state index contributed by atoms with van der Waals surface area (Å²) in [5.41, 5.74) is 1.91. The van der Waals surface area contributed by atoms with Crippen LogP contribution in [0.3, 0.4) is 0 Å². The molecule has 0 aromatic heterocycles. The fraction of sp³-hybridized carbons (Fsp3) is 0.773.